The average Bonchev–Trinajstić information content (AvgIpc) is 2.99. The Morgan fingerprint density at radius 2 is 1.48 bits per heavy atom. The number of hydrogen-bond donors (Lipinski definition) is 2. The molecule has 1 heterocycles. The molecule has 0 saturated heterocycles. The maximum absolute atomic E-state index is 13.0. The summed E-state index contributed by atoms with van der Waals surface area (Å²) in [5.41, 5.74) is 6.14. The molecule has 6 heteroatoms. The van der Waals surface area contributed by atoms with Crippen molar-refractivity contribution in [2.45, 2.75) is 32.5 Å². The third-order valence-electron chi connectivity index (χ3n) is 6.54. The minimum Gasteiger partial charge on any atom is -0.489 e. The molecule has 0 fully saturated rings. The van der Waals surface area contributed by atoms with E-state index in [4.69, 9.17) is 9.72 Å². The molecule has 200 valence electrons. The van der Waals surface area contributed by atoms with Gasteiger partial charge in [0.1, 0.15) is 12.4 Å². The van der Waals surface area contributed by atoms with Crippen LogP contribution in [0, 0.1) is 0 Å². The quantitative estimate of drug-likeness (QED) is 0.214. The van der Waals surface area contributed by atoms with E-state index < -0.39 is 6.10 Å². The molecule has 1 amide bonds. The summed E-state index contributed by atoms with van der Waals surface area (Å²) in [5.74, 6) is 1.03. The minimum atomic E-state index is -0.538. The van der Waals surface area contributed by atoms with Crippen molar-refractivity contribution in [3.05, 3.63) is 143 Å². The third kappa shape index (κ3) is 7.18. The maximum Gasteiger partial charge on any atom is 0.229 e. The molecule has 5 aromatic rings. The van der Waals surface area contributed by atoms with Crippen molar-refractivity contribution in [2.75, 3.05) is 5.32 Å². The summed E-state index contributed by atoms with van der Waals surface area (Å²) in [6, 6.07) is 35.1. The Bertz CT molecular complexity index is 1540. The number of aliphatic hydroxyl groups is 1. The van der Waals surface area contributed by atoms with Crippen LogP contribution in [0.3, 0.4) is 0 Å². The summed E-state index contributed by atoms with van der Waals surface area (Å²) in [4.78, 5) is 22.5. The minimum absolute atomic E-state index is 0.171. The molecular formula is C34H31N3O3. The number of carbonyl (C=O) groups excluding carboxylic acids is 1. The van der Waals surface area contributed by atoms with Crippen LogP contribution in [-0.4, -0.2) is 21.0 Å². The molecule has 0 bridgehead atoms. The van der Waals surface area contributed by atoms with Crippen molar-refractivity contribution in [1.82, 2.24) is 9.97 Å². The number of carbonyl (C=O) groups is 1. The fourth-order valence-electron chi connectivity index (χ4n) is 4.32. The highest BCUT2D eigenvalue weighted by Gasteiger charge is 2.14. The number of aromatic nitrogens is 2. The molecule has 0 saturated carbocycles. The molecule has 0 aliphatic heterocycles. The molecule has 1 atom stereocenters. The second kappa shape index (κ2) is 12.8. The third-order valence-corrected chi connectivity index (χ3v) is 6.54. The Hall–Kier alpha value is -4.81. The van der Waals surface area contributed by atoms with E-state index in [0.717, 1.165) is 33.6 Å². The van der Waals surface area contributed by atoms with Crippen molar-refractivity contribution >= 4 is 11.7 Å². The number of hydrogen-bond acceptors (Lipinski definition) is 5. The molecule has 0 aliphatic carbocycles. The lowest BCUT2D eigenvalue weighted by atomic mass is 10.1. The predicted molar refractivity (Wildman–Crippen MR) is 157 cm³/mol. The van der Waals surface area contributed by atoms with Crippen LogP contribution in [0.25, 0.3) is 11.3 Å². The topological polar surface area (TPSA) is 84.3 Å². The first-order valence-corrected chi connectivity index (χ1v) is 13.3. The molecule has 0 spiro atoms. The molecular weight excluding hydrogens is 498 g/mol. The molecule has 40 heavy (non-hydrogen) atoms. The lowest BCUT2D eigenvalue weighted by Gasteiger charge is -2.13. The summed E-state index contributed by atoms with van der Waals surface area (Å²) in [5, 5.41) is 12.8. The first kappa shape index (κ1) is 26.8. The Kier molecular flexibility index (Phi) is 8.59. The summed E-state index contributed by atoms with van der Waals surface area (Å²) < 4.78 is 5.85. The lowest BCUT2D eigenvalue weighted by molar-refractivity contribution is -0.115. The second-order valence-corrected chi connectivity index (χ2v) is 9.65. The van der Waals surface area contributed by atoms with Gasteiger partial charge >= 0.3 is 0 Å². The molecule has 0 radical (unpaired) electrons. The second-order valence-electron chi connectivity index (χ2n) is 9.65. The van der Waals surface area contributed by atoms with Crippen LogP contribution < -0.4 is 10.1 Å². The molecule has 4 aromatic carbocycles. The van der Waals surface area contributed by atoms with Gasteiger partial charge < -0.3 is 15.2 Å². The highest BCUT2D eigenvalue weighted by molar-refractivity contribution is 5.92. The van der Waals surface area contributed by atoms with E-state index in [1.54, 1.807) is 13.1 Å². The van der Waals surface area contributed by atoms with Crippen molar-refractivity contribution in [3.8, 4) is 17.0 Å². The van der Waals surface area contributed by atoms with Gasteiger partial charge in [-0.05, 0) is 41.3 Å². The number of amides is 1. The fraction of sp³-hybridized carbons (Fsp3) is 0.147. The van der Waals surface area contributed by atoms with Crippen LogP contribution in [0.15, 0.2) is 115 Å². The zero-order valence-corrected chi connectivity index (χ0v) is 22.3. The van der Waals surface area contributed by atoms with Crippen molar-refractivity contribution in [3.63, 3.8) is 0 Å². The molecule has 6 nitrogen and oxygen atoms in total. The van der Waals surface area contributed by atoms with E-state index in [-0.39, 0.29) is 12.3 Å². The van der Waals surface area contributed by atoms with Gasteiger partial charge in [0.15, 0.2) is 5.82 Å². The van der Waals surface area contributed by atoms with Crippen molar-refractivity contribution in [1.29, 1.82) is 0 Å². The Morgan fingerprint density at radius 3 is 2.12 bits per heavy atom. The van der Waals surface area contributed by atoms with Gasteiger partial charge in [0, 0.05) is 12.0 Å². The molecule has 2 N–H and O–H groups in total. The van der Waals surface area contributed by atoms with Crippen molar-refractivity contribution in [2.24, 2.45) is 0 Å². The van der Waals surface area contributed by atoms with Gasteiger partial charge in [-0.2, -0.15) is 0 Å². The standard InChI is InChI=1S/C34H31N3O3/c1-24(38)28-14-16-29(17-15-28)32-22-35-34(31(36-32)20-25-8-4-2-5-9-25)37-33(39)21-26-12-18-30(19-13-26)40-23-27-10-6-3-7-11-27/h2-19,22,24,38H,20-21,23H2,1H3,(H,35,37,39). The number of rotatable bonds is 10. The van der Waals surface area contributed by atoms with Gasteiger partial charge in [-0.25, -0.2) is 9.97 Å². The van der Waals surface area contributed by atoms with Gasteiger partial charge in [0.2, 0.25) is 5.91 Å². The normalized spacial score (nSPS) is 11.6. The zero-order valence-electron chi connectivity index (χ0n) is 22.3. The molecule has 1 unspecified atom stereocenters. The van der Waals surface area contributed by atoms with Crippen LogP contribution in [0.5, 0.6) is 5.75 Å². The SMILES string of the molecule is CC(O)c1ccc(-c2cnc(NC(=O)Cc3ccc(OCc4ccccc4)cc3)c(Cc3ccccc3)n2)cc1. The number of anilines is 1. The van der Waals surface area contributed by atoms with E-state index in [1.165, 1.54) is 0 Å². The molecule has 1 aromatic heterocycles. The lowest BCUT2D eigenvalue weighted by Crippen LogP contribution is -2.17. The highest BCUT2D eigenvalue weighted by Crippen LogP contribution is 2.24. The Labute approximate surface area is 234 Å². The Balaban J connectivity index is 1.29. The summed E-state index contributed by atoms with van der Waals surface area (Å²) in [6.07, 6.45) is 1.86. The van der Waals surface area contributed by atoms with E-state index in [2.05, 4.69) is 10.3 Å². The van der Waals surface area contributed by atoms with Gasteiger partial charge in [-0.3, -0.25) is 4.79 Å². The molecule has 0 aliphatic rings. The number of nitrogens with zero attached hydrogens (tertiary/aromatic N) is 2. The number of benzene rings is 4. The van der Waals surface area contributed by atoms with Crippen LogP contribution in [-0.2, 0) is 24.2 Å². The van der Waals surface area contributed by atoms with Crippen LogP contribution >= 0.6 is 0 Å². The van der Waals surface area contributed by atoms with E-state index in [0.29, 0.717) is 30.2 Å². The first-order valence-electron chi connectivity index (χ1n) is 13.3. The van der Waals surface area contributed by atoms with E-state index in [1.807, 2.05) is 109 Å². The largest absolute Gasteiger partial charge is 0.489 e. The fourth-order valence-corrected chi connectivity index (χ4v) is 4.32. The highest BCUT2D eigenvalue weighted by atomic mass is 16.5. The number of aliphatic hydroxyl groups excluding tert-OH is 1. The van der Waals surface area contributed by atoms with Crippen LogP contribution in [0.4, 0.5) is 5.82 Å². The van der Waals surface area contributed by atoms with Gasteiger partial charge in [0.25, 0.3) is 0 Å². The monoisotopic (exact) mass is 529 g/mol. The van der Waals surface area contributed by atoms with E-state index >= 15 is 0 Å². The average molecular weight is 530 g/mol. The summed E-state index contributed by atoms with van der Waals surface area (Å²) in [7, 11) is 0. The van der Waals surface area contributed by atoms with Crippen molar-refractivity contribution < 1.29 is 14.6 Å². The maximum atomic E-state index is 13.0. The van der Waals surface area contributed by atoms with Crippen LogP contribution in [0.2, 0.25) is 0 Å². The smallest absolute Gasteiger partial charge is 0.229 e. The van der Waals surface area contributed by atoms with Gasteiger partial charge in [-0.15, -0.1) is 0 Å². The van der Waals surface area contributed by atoms with Gasteiger partial charge in [-0.1, -0.05) is 97.1 Å². The van der Waals surface area contributed by atoms with Crippen LogP contribution in [0.1, 0.15) is 41.0 Å². The first-order chi connectivity index (χ1) is 19.5. The zero-order chi connectivity index (χ0) is 27.7. The summed E-state index contributed by atoms with van der Waals surface area (Å²) >= 11 is 0. The Morgan fingerprint density at radius 1 is 0.825 bits per heavy atom. The number of nitrogens with one attached hydrogen (secondary N) is 1. The van der Waals surface area contributed by atoms with Gasteiger partial charge in [0.05, 0.1) is 30.1 Å². The summed E-state index contributed by atoms with van der Waals surface area (Å²) in [6.45, 7) is 2.22. The predicted octanol–water partition coefficient (Wildman–Crippen LogP) is 6.55. The van der Waals surface area contributed by atoms with E-state index in [9.17, 15) is 9.90 Å². The number of ether oxygens (including phenoxy) is 1. The molecule has 5 rings (SSSR count).